The molecule has 7 nitrogen and oxygen atoms in total. The number of aromatic nitrogens is 4. The van der Waals surface area contributed by atoms with Crippen LogP contribution in [0.15, 0.2) is 47.2 Å². The van der Waals surface area contributed by atoms with Gasteiger partial charge in [0.15, 0.2) is 18.2 Å². The number of nitrogens with one attached hydrogen (secondary N) is 1. The Bertz CT molecular complexity index is 986. The van der Waals surface area contributed by atoms with E-state index in [1.165, 1.54) is 16.8 Å². The van der Waals surface area contributed by atoms with Gasteiger partial charge in [0, 0.05) is 28.3 Å². The number of anilines is 1. The molecule has 0 bridgehead atoms. The molecule has 2 aromatic heterocycles. The number of nitrogens with zero attached hydrogens (tertiary/aromatic N) is 4. The number of carbonyl (C=O) groups is 1. The molecule has 0 saturated heterocycles. The lowest BCUT2D eigenvalue weighted by atomic mass is 9.92. The summed E-state index contributed by atoms with van der Waals surface area (Å²) in [5.41, 5.74) is 0.520. The van der Waals surface area contributed by atoms with Crippen LogP contribution in [0.2, 0.25) is 0 Å². The van der Waals surface area contributed by atoms with Crippen LogP contribution >= 0.6 is 15.9 Å². The smallest absolute Gasteiger partial charge is 0.263 e. The van der Waals surface area contributed by atoms with Gasteiger partial charge in [-0.1, -0.05) is 36.7 Å². The van der Waals surface area contributed by atoms with Crippen LogP contribution in [0.5, 0.6) is 5.75 Å². The molecular weight excluding hydrogens is 429 g/mol. The Morgan fingerprint density at radius 3 is 2.61 bits per heavy atom. The number of rotatable bonds is 5. The van der Waals surface area contributed by atoms with Crippen LogP contribution in [0.3, 0.4) is 0 Å². The molecule has 0 atom stereocenters. The second kappa shape index (κ2) is 8.05. The zero-order valence-corrected chi connectivity index (χ0v) is 17.2. The third kappa shape index (κ3) is 4.72. The summed E-state index contributed by atoms with van der Waals surface area (Å²) in [5.74, 6) is -0.289. The van der Waals surface area contributed by atoms with Crippen molar-refractivity contribution in [3.63, 3.8) is 0 Å². The lowest BCUT2D eigenvalue weighted by Crippen LogP contribution is -2.22. The highest BCUT2D eigenvalue weighted by atomic mass is 79.9. The van der Waals surface area contributed by atoms with Gasteiger partial charge in [-0.05, 0) is 24.3 Å². The fourth-order valence-electron chi connectivity index (χ4n) is 2.30. The summed E-state index contributed by atoms with van der Waals surface area (Å²) >= 11 is 3.17. The minimum absolute atomic E-state index is 0.00590. The maximum Gasteiger partial charge on any atom is 0.263 e. The first kappa shape index (κ1) is 19.9. The molecule has 0 saturated carbocycles. The molecule has 1 aromatic carbocycles. The number of hydrogen-bond acceptors (Lipinski definition) is 5. The van der Waals surface area contributed by atoms with Crippen molar-refractivity contribution in [3.05, 3.63) is 58.7 Å². The molecule has 3 aromatic rings. The van der Waals surface area contributed by atoms with E-state index in [0.717, 1.165) is 5.69 Å². The molecule has 0 fully saturated rings. The van der Waals surface area contributed by atoms with Gasteiger partial charge in [0.2, 0.25) is 0 Å². The fraction of sp³-hybridized carbons (Fsp3) is 0.263. The van der Waals surface area contributed by atoms with Gasteiger partial charge >= 0.3 is 0 Å². The van der Waals surface area contributed by atoms with Crippen molar-refractivity contribution >= 4 is 27.7 Å². The van der Waals surface area contributed by atoms with Gasteiger partial charge in [-0.15, -0.1) is 0 Å². The zero-order valence-electron chi connectivity index (χ0n) is 15.6. The SMILES string of the molecule is CC(C)(C)c1cc(NC(=O)COc2ccc(Br)cc2F)n(-c2ncccn2)n1. The average Bonchev–Trinajstić information content (AvgIpc) is 3.06. The number of halogens is 2. The van der Waals surface area contributed by atoms with Crippen LogP contribution in [0, 0.1) is 5.82 Å². The number of amides is 1. The first-order valence-electron chi connectivity index (χ1n) is 8.49. The highest BCUT2D eigenvalue weighted by Crippen LogP contribution is 2.25. The minimum atomic E-state index is -0.556. The first-order valence-corrected chi connectivity index (χ1v) is 9.29. The van der Waals surface area contributed by atoms with E-state index in [-0.39, 0.29) is 17.8 Å². The highest BCUT2D eigenvalue weighted by Gasteiger charge is 2.22. The molecule has 0 aliphatic heterocycles. The molecule has 0 unspecified atom stereocenters. The second-order valence-corrected chi connectivity index (χ2v) is 7.95. The van der Waals surface area contributed by atoms with Crippen LogP contribution in [0.25, 0.3) is 5.95 Å². The van der Waals surface area contributed by atoms with Gasteiger partial charge in [-0.3, -0.25) is 4.79 Å². The van der Waals surface area contributed by atoms with Gasteiger partial charge in [-0.2, -0.15) is 9.78 Å². The first-order chi connectivity index (χ1) is 13.2. The Morgan fingerprint density at radius 2 is 1.96 bits per heavy atom. The van der Waals surface area contributed by atoms with Gasteiger partial charge < -0.3 is 10.1 Å². The Balaban J connectivity index is 1.78. The third-order valence-electron chi connectivity index (χ3n) is 3.74. The summed E-state index contributed by atoms with van der Waals surface area (Å²) in [4.78, 5) is 20.7. The number of hydrogen-bond donors (Lipinski definition) is 1. The molecule has 146 valence electrons. The summed E-state index contributed by atoms with van der Waals surface area (Å²) < 4.78 is 21.2. The van der Waals surface area contributed by atoms with E-state index in [1.54, 1.807) is 30.6 Å². The van der Waals surface area contributed by atoms with E-state index >= 15 is 0 Å². The summed E-state index contributed by atoms with van der Waals surface area (Å²) in [5, 5.41) is 7.25. The molecule has 0 radical (unpaired) electrons. The third-order valence-corrected chi connectivity index (χ3v) is 4.23. The topological polar surface area (TPSA) is 81.9 Å². The molecule has 2 heterocycles. The van der Waals surface area contributed by atoms with Crippen molar-refractivity contribution in [2.45, 2.75) is 26.2 Å². The Hall–Kier alpha value is -2.81. The lowest BCUT2D eigenvalue weighted by molar-refractivity contribution is -0.118. The van der Waals surface area contributed by atoms with Gasteiger partial charge in [0.1, 0.15) is 5.82 Å². The number of carbonyl (C=O) groups excluding carboxylic acids is 1. The zero-order chi connectivity index (χ0) is 20.3. The molecule has 0 aliphatic carbocycles. The highest BCUT2D eigenvalue weighted by molar-refractivity contribution is 9.10. The molecule has 28 heavy (non-hydrogen) atoms. The van der Waals surface area contributed by atoms with E-state index in [1.807, 2.05) is 20.8 Å². The van der Waals surface area contributed by atoms with Crippen molar-refractivity contribution in [1.82, 2.24) is 19.7 Å². The summed E-state index contributed by atoms with van der Waals surface area (Å²) in [6.07, 6.45) is 3.18. The quantitative estimate of drug-likeness (QED) is 0.641. The van der Waals surface area contributed by atoms with E-state index in [4.69, 9.17) is 4.74 Å². The maximum absolute atomic E-state index is 13.8. The predicted octanol–water partition coefficient (Wildman–Crippen LogP) is 3.88. The van der Waals surface area contributed by atoms with Crippen molar-refractivity contribution in [1.29, 1.82) is 0 Å². The largest absolute Gasteiger partial charge is 0.481 e. The maximum atomic E-state index is 13.8. The minimum Gasteiger partial charge on any atom is -0.481 e. The predicted molar refractivity (Wildman–Crippen MR) is 106 cm³/mol. The fourth-order valence-corrected chi connectivity index (χ4v) is 2.64. The van der Waals surface area contributed by atoms with E-state index in [2.05, 4.69) is 36.3 Å². The molecule has 0 spiro atoms. The Morgan fingerprint density at radius 1 is 1.25 bits per heavy atom. The molecule has 0 aliphatic rings. The van der Waals surface area contributed by atoms with Crippen molar-refractivity contribution in [3.8, 4) is 11.7 Å². The normalized spacial score (nSPS) is 11.3. The van der Waals surface area contributed by atoms with Crippen molar-refractivity contribution in [2.24, 2.45) is 0 Å². The summed E-state index contributed by atoms with van der Waals surface area (Å²) in [7, 11) is 0. The summed E-state index contributed by atoms with van der Waals surface area (Å²) in [6, 6.07) is 7.80. The number of ether oxygens (including phenoxy) is 1. The van der Waals surface area contributed by atoms with Gasteiger partial charge in [-0.25, -0.2) is 14.4 Å². The van der Waals surface area contributed by atoms with Gasteiger partial charge in [0.25, 0.3) is 11.9 Å². The van der Waals surface area contributed by atoms with Gasteiger partial charge in [0.05, 0.1) is 5.69 Å². The molecule has 1 N–H and O–H groups in total. The van der Waals surface area contributed by atoms with E-state index in [9.17, 15) is 9.18 Å². The van der Waals surface area contributed by atoms with E-state index < -0.39 is 11.7 Å². The Kier molecular flexibility index (Phi) is 5.73. The average molecular weight is 448 g/mol. The Labute approximate surface area is 170 Å². The van der Waals surface area contributed by atoms with Crippen LogP contribution in [-0.4, -0.2) is 32.3 Å². The molecule has 9 heteroatoms. The molecule has 3 rings (SSSR count). The summed E-state index contributed by atoms with van der Waals surface area (Å²) in [6.45, 7) is 5.67. The second-order valence-electron chi connectivity index (χ2n) is 7.04. The van der Waals surface area contributed by atoms with Crippen LogP contribution in [-0.2, 0) is 10.2 Å². The molecule has 1 amide bonds. The number of benzene rings is 1. The van der Waals surface area contributed by atoms with Crippen molar-refractivity contribution < 1.29 is 13.9 Å². The van der Waals surface area contributed by atoms with Crippen LogP contribution < -0.4 is 10.1 Å². The standard InChI is InChI=1S/C19H19BrFN5O2/c1-19(2,3)15-10-16(26(25-15)18-22-7-4-8-23-18)24-17(27)11-28-14-6-5-12(20)9-13(14)21/h4-10H,11H2,1-3H3,(H,24,27). The molecular formula is C19H19BrFN5O2. The monoisotopic (exact) mass is 447 g/mol. The van der Waals surface area contributed by atoms with Crippen LogP contribution in [0.4, 0.5) is 10.2 Å². The van der Waals surface area contributed by atoms with Crippen molar-refractivity contribution in [2.75, 3.05) is 11.9 Å². The van der Waals surface area contributed by atoms with Crippen LogP contribution in [0.1, 0.15) is 26.5 Å². The lowest BCUT2D eigenvalue weighted by Gasteiger charge is -2.13. The van der Waals surface area contributed by atoms with E-state index in [0.29, 0.717) is 16.2 Å².